The first kappa shape index (κ1) is 20.9. The zero-order chi connectivity index (χ0) is 19.2. The normalized spacial score (nSPS) is 36.0. The average Bonchev–Trinajstić information content (AvgIpc) is 3.03. The van der Waals surface area contributed by atoms with Gasteiger partial charge in [0, 0.05) is 39.8 Å². The Balaban J connectivity index is 1.55. The minimum Gasteiger partial charge on any atom is -0.394 e. The van der Waals surface area contributed by atoms with E-state index in [1.165, 1.54) is 26.4 Å². The number of hydrogen-bond acceptors (Lipinski definition) is 8. The maximum atomic E-state index is 11.7. The first-order valence-electron chi connectivity index (χ1n) is 10.1. The number of rotatable bonds is 7. The number of piperidine rings is 1. The fourth-order valence-electron chi connectivity index (χ4n) is 4.49. The van der Waals surface area contributed by atoms with Crippen molar-refractivity contribution < 1.29 is 24.5 Å². The highest BCUT2D eigenvalue weighted by Gasteiger charge is 2.47. The van der Waals surface area contributed by atoms with Gasteiger partial charge in [0.2, 0.25) is 5.91 Å². The van der Waals surface area contributed by atoms with Gasteiger partial charge in [0.05, 0.1) is 24.9 Å². The van der Waals surface area contributed by atoms with Gasteiger partial charge in [-0.05, 0) is 25.8 Å². The van der Waals surface area contributed by atoms with E-state index in [1.54, 1.807) is 0 Å². The van der Waals surface area contributed by atoms with E-state index in [9.17, 15) is 15.0 Å². The Kier molecular flexibility index (Phi) is 7.83. The third-order valence-electron chi connectivity index (χ3n) is 5.91. The fraction of sp³-hybridized carbons (Fsp3) is 0.944. The summed E-state index contributed by atoms with van der Waals surface area (Å²) < 4.78 is 10.7. The highest BCUT2D eigenvalue weighted by molar-refractivity contribution is 5.77. The molecule has 0 aromatic heterocycles. The summed E-state index contributed by atoms with van der Waals surface area (Å²) in [6.45, 7) is 4.70. The van der Waals surface area contributed by atoms with Crippen LogP contribution < -0.4 is 10.6 Å². The van der Waals surface area contributed by atoms with Gasteiger partial charge in [-0.1, -0.05) is 0 Å². The Bertz CT molecular complexity index is 469. The molecule has 5 unspecified atom stereocenters. The quantitative estimate of drug-likeness (QED) is 0.396. The van der Waals surface area contributed by atoms with Gasteiger partial charge in [-0.15, -0.1) is 0 Å². The van der Waals surface area contributed by atoms with Gasteiger partial charge >= 0.3 is 0 Å². The minimum atomic E-state index is -0.765. The van der Waals surface area contributed by atoms with Crippen molar-refractivity contribution in [3.05, 3.63) is 0 Å². The molecule has 156 valence electrons. The molecule has 3 rings (SSSR count). The van der Waals surface area contributed by atoms with E-state index in [-0.39, 0.29) is 31.3 Å². The zero-order valence-electron chi connectivity index (χ0n) is 16.2. The molecular formula is C18H34N4O5. The number of aliphatic hydroxyl groups is 2. The molecule has 9 nitrogen and oxygen atoms in total. The minimum absolute atomic E-state index is 0.00354. The molecule has 0 radical (unpaired) electrons. The summed E-state index contributed by atoms with van der Waals surface area (Å²) in [6, 6.07) is -0.230. The van der Waals surface area contributed by atoms with Crippen LogP contribution in [0, 0.1) is 0 Å². The van der Waals surface area contributed by atoms with Gasteiger partial charge in [-0.2, -0.15) is 0 Å². The van der Waals surface area contributed by atoms with Gasteiger partial charge in [0.25, 0.3) is 0 Å². The Labute approximate surface area is 161 Å². The number of carbonyl (C=O) groups is 1. The van der Waals surface area contributed by atoms with E-state index in [0.717, 1.165) is 32.7 Å². The van der Waals surface area contributed by atoms with Crippen LogP contribution in [0.4, 0.5) is 0 Å². The highest BCUT2D eigenvalue weighted by Crippen LogP contribution is 2.27. The summed E-state index contributed by atoms with van der Waals surface area (Å²) in [5.74, 6) is -0.213. The van der Waals surface area contributed by atoms with Gasteiger partial charge in [0.1, 0.15) is 18.8 Å². The Hall–Kier alpha value is -0.810. The molecule has 0 aromatic rings. The Morgan fingerprint density at radius 3 is 2.59 bits per heavy atom. The van der Waals surface area contributed by atoms with Crippen LogP contribution >= 0.6 is 0 Å². The number of ether oxygens (including phenoxy) is 2. The number of carbonyl (C=O) groups excluding carboxylic acids is 1. The predicted molar refractivity (Wildman–Crippen MR) is 99.2 cm³/mol. The lowest BCUT2D eigenvalue weighted by atomic mass is 10.0. The molecule has 0 spiro atoms. The smallest absolute Gasteiger partial charge is 0.246 e. The van der Waals surface area contributed by atoms with Crippen LogP contribution in [0.2, 0.25) is 0 Å². The van der Waals surface area contributed by atoms with E-state index >= 15 is 0 Å². The molecule has 4 N–H and O–H groups in total. The second kappa shape index (κ2) is 10.1. The van der Waals surface area contributed by atoms with E-state index in [1.807, 2.05) is 0 Å². The first-order chi connectivity index (χ1) is 13.1. The Morgan fingerprint density at radius 1 is 1.22 bits per heavy atom. The molecule has 0 bridgehead atoms. The van der Waals surface area contributed by atoms with Crippen LogP contribution in [0.15, 0.2) is 0 Å². The summed E-state index contributed by atoms with van der Waals surface area (Å²) in [5, 5.41) is 26.6. The lowest BCUT2D eigenvalue weighted by Gasteiger charge is -2.44. The fourth-order valence-corrected chi connectivity index (χ4v) is 4.49. The molecule has 0 aliphatic carbocycles. The summed E-state index contributed by atoms with van der Waals surface area (Å²) >= 11 is 0. The van der Waals surface area contributed by atoms with Crippen molar-refractivity contribution in [3.63, 3.8) is 0 Å². The second-order valence-electron chi connectivity index (χ2n) is 7.65. The molecule has 9 heteroatoms. The van der Waals surface area contributed by atoms with Crippen LogP contribution in [0.5, 0.6) is 0 Å². The standard InChI is InChI=1S/C18H34N4O5/c1-26-12-16(24)20-10-13-17(18(25)14(11-23)27-13)22-8-6-21(7-9-22)15-4-2-3-5-19-15/h13-15,17-19,23,25H,2-12H2,1H3,(H,20,24). The third kappa shape index (κ3) is 5.17. The summed E-state index contributed by atoms with van der Waals surface area (Å²) in [6.07, 6.45) is 2.44. The van der Waals surface area contributed by atoms with E-state index in [4.69, 9.17) is 9.47 Å². The van der Waals surface area contributed by atoms with Gasteiger partial charge in [-0.3, -0.25) is 14.6 Å². The number of aliphatic hydroxyl groups excluding tert-OH is 2. The van der Waals surface area contributed by atoms with Crippen LogP contribution in [-0.4, -0.2) is 116 Å². The monoisotopic (exact) mass is 386 g/mol. The topological polar surface area (TPSA) is 107 Å². The van der Waals surface area contributed by atoms with Crippen LogP contribution in [0.25, 0.3) is 0 Å². The van der Waals surface area contributed by atoms with Gasteiger partial charge in [0.15, 0.2) is 0 Å². The number of amides is 1. The summed E-state index contributed by atoms with van der Waals surface area (Å²) in [4.78, 5) is 16.4. The van der Waals surface area contributed by atoms with Crippen molar-refractivity contribution in [1.29, 1.82) is 0 Å². The van der Waals surface area contributed by atoms with Crippen molar-refractivity contribution in [1.82, 2.24) is 20.4 Å². The molecule has 3 heterocycles. The molecular weight excluding hydrogens is 352 g/mol. The number of methoxy groups -OCH3 is 1. The predicted octanol–water partition coefficient (Wildman–Crippen LogP) is -2.04. The SMILES string of the molecule is COCC(=O)NCC1OC(CO)C(O)C1N1CCN(C2CCCCN2)CC1. The molecule has 3 aliphatic heterocycles. The van der Waals surface area contributed by atoms with Crippen LogP contribution in [-0.2, 0) is 14.3 Å². The molecule has 0 aromatic carbocycles. The number of nitrogens with one attached hydrogen (secondary N) is 2. The molecule has 5 atom stereocenters. The lowest BCUT2D eigenvalue weighted by Crippen LogP contribution is -2.61. The molecule has 27 heavy (non-hydrogen) atoms. The maximum absolute atomic E-state index is 11.7. The van der Waals surface area contributed by atoms with Crippen molar-refractivity contribution in [2.45, 2.75) is 49.8 Å². The molecule has 1 amide bonds. The van der Waals surface area contributed by atoms with Gasteiger partial charge in [-0.25, -0.2) is 0 Å². The number of hydrogen-bond donors (Lipinski definition) is 4. The average molecular weight is 386 g/mol. The van der Waals surface area contributed by atoms with E-state index in [2.05, 4.69) is 20.4 Å². The van der Waals surface area contributed by atoms with Gasteiger partial charge < -0.3 is 30.3 Å². The molecule has 3 aliphatic rings. The van der Waals surface area contributed by atoms with E-state index < -0.39 is 12.2 Å². The van der Waals surface area contributed by atoms with Crippen molar-refractivity contribution in [2.75, 3.05) is 59.6 Å². The summed E-state index contributed by atoms with van der Waals surface area (Å²) in [7, 11) is 1.47. The lowest BCUT2D eigenvalue weighted by molar-refractivity contribution is -0.125. The van der Waals surface area contributed by atoms with Crippen molar-refractivity contribution >= 4 is 5.91 Å². The largest absolute Gasteiger partial charge is 0.394 e. The second-order valence-corrected chi connectivity index (χ2v) is 7.65. The molecule has 0 saturated carbocycles. The van der Waals surface area contributed by atoms with Crippen LogP contribution in [0.3, 0.4) is 0 Å². The maximum Gasteiger partial charge on any atom is 0.246 e. The number of piperazine rings is 1. The zero-order valence-corrected chi connectivity index (χ0v) is 16.2. The Morgan fingerprint density at radius 2 is 1.96 bits per heavy atom. The summed E-state index contributed by atoms with van der Waals surface area (Å²) in [5.41, 5.74) is 0. The first-order valence-corrected chi connectivity index (χ1v) is 10.1. The van der Waals surface area contributed by atoms with Crippen molar-refractivity contribution in [2.24, 2.45) is 0 Å². The third-order valence-corrected chi connectivity index (χ3v) is 5.91. The van der Waals surface area contributed by atoms with Crippen molar-refractivity contribution in [3.8, 4) is 0 Å². The molecule has 3 fully saturated rings. The highest BCUT2D eigenvalue weighted by atomic mass is 16.5. The molecule has 3 saturated heterocycles. The van der Waals surface area contributed by atoms with E-state index in [0.29, 0.717) is 12.7 Å². The number of nitrogens with zero attached hydrogens (tertiary/aromatic N) is 2. The van der Waals surface area contributed by atoms with Crippen LogP contribution in [0.1, 0.15) is 19.3 Å².